The molecule has 0 saturated carbocycles. The van der Waals surface area contributed by atoms with Crippen LogP contribution in [0.1, 0.15) is 28.8 Å². The molecule has 0 aliphatic heterocycles. The van der Waals surface area contributed by atoms with Crippen molar-refractivity contribution in [2.45, 2.75) is 33.7 Å². The van der Waals surface area contributed by atoms with Crippen LogP contribution in [0.5, 0.6) is 0 Å². The summed E-state index contributed by atoms with van der Waals surface area (Å²) in [7, 11) is 0. The molecular formula is C13H16ClN3S. The summed E-state index contributed by atoms with van der Waals surface area (Å²) < 4.78 is 0. The number of hydrogen-bond acceptors (Lipinski definition) is 4. The summed E-state index contributed by atoms with van der Waals surface area (Å²) in [5.41, 5.74) is 2.29. The second kappa shape index (κ2) is 5.67. The molecular weight excluding hydrogens is 266 g/mol. The van der Waals surface area contributed by atoms with E-state index < -0.39 is 0 Å². The first-order valence-corrected chi connectivity index (χ1v) is 7.17. The highest BCUT2D eigenvalue weighted by atomic mass is 35.5. The molecule has 0 saturated heterocycles. The minimum atomic E-state index is 0.520. The zero-order valence-corrected chi connectivity index (χ0v) is 12.3. The van der Waals surface area contributed by atoms with Crippen LogP contribution in [0.3, 0.4) is 0 Å². The molecule has 0 spiro atoms. The molecule has 0 atom stereocenters. The van der Waals surface area contributed by atoms with Gasteiger partial charge in [0.1, 0.15) is 16.8 Å². The van der Waals surface area contributed by atoms with Gasteiger partial charge in [0.15, 0.2) is 0 Å². The fourth-order valence-electron chi connectivity index (χ4n) is 1.77. The Morgan fingerprint density at radius 1 is 1.33 bits per heavy atom. The SMILES string of the molecule is CCc1ccsc1CNc1nc(C)nc(Cl)c1C. The van der Waals surface area contributed by atoms with Crippen molar-refractivity contribution in [2.75, 3.05) is 5.32 Å². The Bertz CT molecular complexity index is 551. The van der Waals surface area contributed by atoms with Crippen molar-refractivity contribution in [1.29, 1.82) is 0 Å². The van der Waals surface area contributed by atoms with Crippen molar-refractivity contribution in [1.82, 2.24) is 9.97 Å². The Morgan fingerprint density at radius 2 is 2.11 bits per heavy atom. The fraction of sp³-hybridized carbons (Fsp3) is 0.385. The molecule has 18 heavy (non-hydrogen) atoms. The molecule has 0 unspecified atom stereocenters. The quantitative estimate of drug-likeness (QED) is 0.862. The lowest BCUT2D eigenvalue weighted by atomic mass is 10.2. The zero-order valence-electron chi connectivity index (χ0n) is 10.7. The van der Waals surface area contributed by atoms with Gasteiger partial charge in [-0.3, -0.25) is 0 Å². The Labute approximate surface area is 116 Å². The first-order valence-electron chi connectivity index (χ1n) is 5.91. The maximum absolute atomic E-state index is 6.05. The normalized spacial score (nSPS) is 10.7. The lowest BCUT2D eigenvalue weighted by Gasteiger charge is -2.10. The van der Waals surface area contributed by atoms with Gasteiger partial charge in [0.2, 0.25) is 0 Å². The summed E-state index contributed by atoms with van der Waals surface area (Å²) in [6, 6.07) is 2.17. The molecule has 3 nitrogen and oxygen atoms in total. The van der Waals surface area contributed by atoms with Gasteiger partial charge in [-0.25, -0.2) is 9.97 Å². The number of aryl methyl sites for hydroxylation is 2. The largest absolute Gasteiger partial charge is 0.365 e. The van der Waals surface area contributed by atoms with E-state index in [0.29, 0.717) is 11.0 Å². The summed E-state index contributed by atoms with van der Waals surface area (Å²) in [5.74, 6) is 1.51. The van der Waals surface area contributed by atoms with E-state index in [1.165, 1.54) is 10.4 Å². The molecule has 0 aliphatic carbocycles. The van der Waals surface area contributed by atoms with Crippen LogP contribution in [0.25, 0.3) is 0 Å². The Morgan fingerprint density at radius 3 is 2.83 bits per heavy atom. The van der Waals surface area contributed by atoms with Gasteiger partial charge < -0.3 is 5.32 Å². The molecule has 2 heterocycles. The fourth-order valence-corrected chi connectivity index (χ4v) is 2.90. The van der Waals surface area contributed by atoms with Crippen molar-refractivity contribution in [2.24, 2.45) is 0 Å². The van der Waals surface area contributed by atoms with Gasteiger partial charge in [-0.05, 0) is 37.3 Å². The topological polar surface area (TPSA) is 37.8 Å². The van der Waals surface area contributed by atoms with Crippen molar-refractivity contribution in [3.8, 4) is 0 Å². The minimum Gasteiger partial charge on any atom is -0.365 e. The van der Waals surface area contributed by atoms with E-state index in [1.807, 2.05) is 13.8 Å². The molecule has 0 aromatic carbocycles. The average Bonchev–Trinajstić information content (AvgIpc) is 2.79. The van der Waals surface area contributed by atoms with E-state index in [2.05, 4.69) is 33.7 Å². The maximum Gasteiger partial charge on any atom is 0.137 e. The number of halogens is 1. The molecule has 5 heteroatoms. The smallest absolute Gasteiger partial charge is 0.137 e. The number of hydrogen-bond donors (Lipinski definition) is 1. The van der Waals surface area contributed by atoms with Crippen molar-refractivity contribution >= 4 is 28.8 Å². The van der Waals surface area contributed by atoms with Gasteiger partial charge in [0.05, 0.1) is 6.54 Å². The maximum atomic E-state index is 6.05. The van der Waals surface area contributed by atoms with Gasteiger partial charge in [-0.2, -0.15) is 0 Å². The predicted octanol–water partition coefficient (Wildman–Crippen LogP) is 3.98. The molecule has 2 rings (SSSR count). The monoisotopic (exact) mass is 281 g/mol. The van der Waals surface area contributed by atoms with E-state index in [4.69, 9.17) is 11.6 Å². The summed E-state index contributed by atoms with van der Waals surface area (Å²) in [6.07, 6.45) is 1.06. The number of anilines is 1. The number of thiophene rings is 1. The van der Waals surface area contributed by atoms with E-state index in [1.54, 1.807) is 11.3 Å². The van der Waals surface area contributed by atoms with Crippen LogP contribution >= 0.6 is 22.9 Å². The molecule has 0 radical (unpaired) electrons. The number of rotatable bonds is 4. The van der Waals surface area contributed by atoms with Gasteiger partial charge in [-0.15, -0.1) is 11.3 Å². The number of nitrogens with zero attached hydrogens (tertiary/aromatic N) is 2. The Kier molecular flexibility index (Phi) is 4.19. The molecule has 0 amide bonds. The third-order valence-corrected chi connectivity index (χ3v) is 4.16. The first-order chi connectivity index (χ1) is 8.61. The van der Waals surface area contributed by atoms with Crippen LogP contribution in [0.15, 0.2) is 11.4 Å². The molecule has 2 aromatic rings. The third kappa shape index (κ3) is 2.82. The van der Waals surface area contributed by atoms with Gasteiger partial charge >= 0.3 is 0 Å². The van der Waals surface area contributed by atoms with Crippen LogP contribution in [-0.4, -0.2) is 9.97 Å². The highest BCUT2D eigenvalue weighted by molar-refractivity contribution is 7.10. The molecule has 0 aliphatic rings. The lowest BCUT2D eigenvalue weighted by Crippen LogP contribution is -2.06. The highest BCUT2D eigenvalue weighted by Crippen LogP contribution is 2.22. The van der Waals surface area contributed by atoms with Crippen LogP contribution in [0.2, 0.25) is 5.15 Å². The summed E-state index contributed by atoms with van der Waals surface area (Å²) in [6.45, 7) is 6.73. The molecule has 1 N–H and O–H groups in total. The number of aromatic nitrogens is 2. The average molecular weight is 282 g/mol. The van der Waals surface area contributed by atoms with E-state index in [9.17, 15) is 0 Å². The van der Waals surface area contributed by atoms with E-state index in [0.717, 1.165) is 24.3 Å². The van der Waals surface area contributed by atoms with Gasteiger partial charge in [0.25, 0.3) is 0 Å². The van der Waals surface area contributed by atoms with E-state index in [-0.39, 0.29) is 0 Å². The number of nitrogens with one attached hydrogen (secondary N) is 1. The van der Waals surface area contributed by atoms with Crippen LogP contribution in [0, 0.1) is 13.8 Å². The molecule has 0 bridgehead atoms. The zero-order chi connectivity index (χ0) is 13.1. The van der Waals surface area contributed by atoms with Crippen molar-refractivity contribution < 1.29 is 0 Å². The van der Waals surface area contributed by atoms with Crippen molar-refractivity contribution in [3.05, 3.63) is 38.4 Å². The lowest BCUT2D eigenvalue weighted by molar-refractivity contribution is 1.000. The first kappa shape index (κ1) is 13.3. The Balaban J connectivity index is 2.16. The van der Waals surface area contributed by atoms with E-state index >= 15 is 0 Å². The third-order valence-electron chi connectivity index (χ3n) is 2.83. The van der Waals surface area contributed by atoms with Crippen LogP contribution in [-0.2, 0) is 13.0 Å². The Hall–Kier alpha value is -1.13. The van der Waals surface area contributed by atoms with Crippen molar-refractivity contribution in [3.63, 3.8) is 0 Å². The summed E-state index contributed by atoms with van der Waals surface area (Å²) in [4.78, 5) is 9.87. The summed E-state index contributed by atoms with van der Waals surface area (Å²) in [5, 5.41) is 5.99. The summed E-state index contributed by atoms with van der Waals surface area (Å²) >= 11 is 7.82. The van der Waals surface area contributed by atoms with Crippen LogP contribution in [0.4, 0.5) is 5.82 Å². The molecule has 0 fully saturated rings. The van der Waals surface area contributed by atoms with Crippen LogP contribution < -0.4 is 5.32 Å². The van der Waals surface area contributed by atoms with Gasteiger partial charge in [-0.1, -0.05) is 18.5 Å². The predicted molar refractivity (Wildman–Crippen MR) is 77.5 cm³/mol. The van der Waals surface area contributed by atoms with Gasteiger partial charge in [0, 0.05) is 10.4 Å². The second-order valence-corrected chi connectivity index (χ2v) is 5.47. The highest BCUT2D eigenvalue weighted by Gasteiger charge is 2.08. The molecule has 2 aromatic heterocycles. The second-order valence-electron chi connectivity index (χ2n) is 4.11. The standard InChI is InChI=1S/C13H16ClN3S/c1-4-10-5-6-18-11(10)7-15-13-8(2)12(14)16-9(3)17-13/h5-6H,4,7H2,1-3H3,(H,15,16,17). The minimum absolute atomic E-state index is 0.520. The molecule has 96 valence electrons.